The third kappa shape index (κ3) is 5.39. The monoisotopic (exact) mass is 404 g/mol. The van der Waals surface area contributed by atoms with Crippen LogP contribution in [-0.4, -0.2) is 45.2 Å². The van der Waals surface area contributed by atoms with Crippen LogP contribution in [0.3, 0.4) is 0 Å². The lowest BCUT2D eigenvalue weighted by atomic mass is 10.2. The summed E-state index contributed by atoms with van der Waals surface area (Å²) in [6.07, 6.45) is -1.05. The van der Waals surface area contributed by atoms with Crippen molar-refractivity contribution >= 4 is 8.07 Å². The van der Waals surface area contributed by atoms with Crippen LogP contribution >= 0.6 is 0 Å². The lowest BCUT2D eigenvalue weighted by Crippen LogP contribution is -2.43. The maximum absolute atomic E-state index is 10.5. The minimum Gasteiger partial charge on any atom is -0.497 e. The molecule has 156 valence electrons. The van der Waals surface area contributed by atoms with Crippen molar-refractivity contribution in [3.05, 3.63) is 29.8 Å². The average Bonchev–Trinajstić information content (AvgIpc) is 3.41. The lowest BCUT2D eigenvalue weighted by Gasteiger charge is -2.38. The number of aliphatic hydroxyl groups excluding tert-OH is 1. The number of aliphatic hydroxyl groups is 1. The molecule has 1 N–H and O–H groups in total. The molecule has 1 saturated heterocycles. The van der Waals surface area contributed by atoms with Gasteiger partial charge in [-0.2, -0.15) is 0 Å². The van der Waals surface area contributed by atoms with Crippen LogP contribution in [-0.2, 0) is 16.1 Å². The lowest BCUT2D eigenvalue weighted by molar-refractivity contribution is 0.104. The first kappa shape index (κ1) is 23.0. The second-order valence-electron chi connectivity index (χ2n) is 8.61. The van der Waals surface area contributed by atoms with Gasteiger partial charge in [-0.25, -0.2) is 0 Å². The van der Waals surface area contributed by atoms with Crippen molar-refractivity contribution in [3.8, 4) is 17.2 Å². The molecule has 0 radical (unpaired) electrons. The second-order valence-corrected chi connectivity index (χ2v) is 14.2. The molecule has 0 aliphatic carbocycles. The molecule has 3 atom stereocenters. The summed E-state index contributed by atoms with van der Waals surface area (Å²) in [6, 6.07) is 7.81. The van der Waals surface area contributed by atoms with Crippen molar-refractivity contribution < 1.29 is 19.3 Å². The molecular formula is C23H36O4Si. The molecule has 28 heavy (non-hydrogen) atoms. The van der Waals surface area contributed by atoms with E-state index in [0.29, 0.717) is 29.8 Å². The van der Waals surface area contributed by atoms with Gasteiger partial charge in [-0.3, -0.25) is 0 Å². The highest BCUT2D eigenvalue weighted by Gasteiger charge is 2.45. The molecule has 0 amide bonds. The summed E-state index contributed by atoms with van der Waals surface area (Å²) in [7, 11) is -0.173. The first-order chi connectivity index (χ1) is 13.2. The van der Waals surface area contributed by atoms with Crippen molar-refractivity contribution in [2.75, 3.05) is 13.7 Å². The van der Waals surface area contributed by atoms with Gasteiger partial charge in [-0.05, 0) is 34.3 Å². The minimum atomic E-state index is -1.83. The van der Waals surface area contributed by atoms with Gasteiger partial charge in [0.25, 0.3) is 0 Å². The van der Waals surface area contributed by atoms with E-state index in [1.54, 1.807) is 7.11 Å². The summed E-state index contributed by atoms with van der Waals surface area (Å²) in [6.45, 7) is 14.6. The van der Waals surface area contributed by atoms with Crippen molar-refractivity contribution in [1.29, 1.82) is 0 Å². The Balaban J connectivity index is 1.86. The molecule has 1 aliphatic rings. The third-order valence-corrected chi connectivity index (χ3v) is 12.3. The molecule has 0 aromatic heterocycles. The fraction of sp³-hybridized carbons (Fsp3) is 0.652. The number of rotatable bonds is 9. The molecule has 5 heteroatoms. The van der Waals surface area contributed by atoms with Gasteiger partial charge in [0.2, 0.25) is 0 Å². The van der Waals surface area contributed by atoms with Gasteiger partial charge in [0.15, 0.2) is 0 Å². The molecule has 0 spiro atoms. The van der Waals surface area contributed by atoms with E-state index in [-0.39, 0.29) is 12.2 Å². The van der Waals surface area contributed by atoms with Gasteiger partial charge in [-0.15, -0.1) is 5.54 Å². The maximum atomic E-state index is 10.5. The molecule has 0 saturated carbocycles. The standard InChI is InChI=1S/C23H36O4Si/c1-16(2)28(17(3)4,18(5)6)13-12-21(24)23-22(27-23)15-26-14-19-8-10-20(25-7)11-9-19/h8-11,16-18,21-24H,14-15H2,1-7H3/t21-,22-,23-/m0/s1. The van der Waals surface area contributed by atoms with Crippen molar-refractivity contribution in [2.45, 2.75) is 83.1 Å². The quantitative estimate of drug-likeness (QED) is 0.372. The van der Waals surface area contributed by atoms with Gasteiger partial charge < -0.3 is 19.3 Å². The van der Waals surface area contributed by atoms with Gasteiger partial charge in [-0.1, -0.05) is 59.6 Å². The largest absolute Gasteiger partial charge is 0.497 e. The first-order valence-electron chi connectivity index (χ1n) is 10.3. The molecule has 1 heterocycles. The van der Waals surface area contributed by atoms with Gasteiger partial charge in [0.05, 0.1) is 20.3 Å². The Labute approximate surface area is 171 Å². The van der Waals surface area contributed by atoms with E-state index in [1.165, 1.54) is 0 Å². The number of hydrogen-bond acceptors (Lipinski definition) is 4. The smallest absolute Gasteiger partial charge is 0.146 e. The molecule has 4 nitrogen and oxygen atoms in total. The fourth-order valence-electron chi connectivity index (χ4n) is 4.30. The Morgan fingerprint density at radius 1 is 1.04 bits per heavy atom. The predicted molar refractivity (Wildman–Crippen MR) is 116 cm³/mol. The molecule has 0 bridgehead atoms. The summed E-state index contributed by atoms with van der Waals surface area (Å²) in [5.41, 5.74) is 6.31. The van der Waals surface area contributed by atoms with E-state index < -0.39 is 14.2 Å². The second kappa shape index (κ2) is 9.93. The topological polar surface area (TPSA) is 51.2 Å². The average molecular weight is 405 g/mol. The summed E-state index contributed by atoms with van der Waals surface area (Å²) in [5.74, 6) is 3.99. The Bertz CT molecular complexity index is 650. The number of ether oxygens (including phenoxy) is 3. The number of hydrogen-bond donors (Lipinski definition) is 1. The number of benzene rings is 1. The molecule has 1 aliphatic heterocycles. The molecule has 2 rings (SSSR count). The molecule has 1 aromatic carbocycles. The van der Waals surface area contributed by atoms with Crippen LogP contribution < -0.4 is 4.74 Å². The van der Waals surface area contributed by atoms with E-state index in [4.69, 9.17) is 14.2 Å². The van der Waals surface area contributed by atoms with E-state index >= 15 is 0 Å². The fourth-order valence-corrected chi connectivity index (χ4v) is 9.56. The van der Waals surface area contributed by atoms with Gasteiger partial charge in [0, 0.05) is 0 Å². The van der Waals surface area contributed by atoms with Crippen LogP contribution in [0.25, 0.3) is 0 Å². The summed E-state index contributed by atoms with van der Waals surface area (Å²) in [5, 5.41) is 10.5. The summed E-state index contributed by atoms with van der Waals surface area (Å²) < 4.78 is 16.5. The third-order valence-electron chi connectivity index (χ3n) is 5.95. The Hall–Kier alpha value is -1.32. The summed E-state index contributed by atoms with van der Waals surface area (Å²) in [4.78, 5) is 0. The van der Waals surface area contributed by atoms with E-state index in [1.807, 2.05) is 24.3 Å². The maximum Gasteiger partial charge on any atom is 0.146 e. The highest BCUT2D eigenvalue weighted by Crippen LogP contribution is 2.41. The highest BCUT2D eigenvalue weighted by molar-refractivity contribution is 6.90. The van der Waals surface area contributed by atoms with E-state index in [2.05, 4.69) is 53.0 Å². The molecule has 1 fully saturated rings. The van der Waals surface area contributed by atoms with Crippen LogP contribution in [0.4, 0.5) is 0 Å². The van der Waals surface area contributed by atoms with Crippen LogP contribution in [0.15, 0.2) is 24.3 Å². The molecule has 1 aromatic rings. The zero-order valence-corrected chi connectivity index (χ0v) is 19.4. The van der Waals surface area contributed by atoms with Gasteiger partial charge in [0.1, 0.15) is 32.1 Å². The predicted octanol–water partition coefficient (Wildman–Crippen LogP) is 4.56. The van der Waals surface area contributed by atoms with Crippen molar-refractivity contribution in [2.24, 2.45) is 0 Å². The number of epoxide rings is 1. The van der Waals surface area contributed by atoms with E-state index in [9.17, 15) is 5.11 Å². The van der Waals surface area contributed by atoms with Crippen LogP contribution in [0.1, 0.15) is 47.1 Å². The van der Waals surface area contributed by atoms with Crippen LogP contribution in [0.2, 0.25) is 16.6 Å². The Morgan fingerprint density at radius 3 is 2.11 bits per heavy atom. The zero-order chi connectivity index (χ0) is 20.9. The van der Waals surface area contributed by atoms with Crippen molar-refractivity contribution in [1.82, 2.24) is 0 Å². The normalized spacial score (nSPS) is 20.2. The number of methoxy groups -OCH3 is 1. The Kier molecular flexibility index (Phi) is 8.14. The first-order valence-corrected chi connectivity index (χ1v) is 12.5. The molecule has 0 unspecified atom stereocenters. The van der Waals surface area contributed by atoms with Crippen molar-refractivity contribution in [3.63, 3.8) is 0 Å². The van der Waals surface area contributed by atoms with Gasteiger partial charge >= 0.3 is 0 Å². The highest BCUT2D eigenvalue weighted by atomic mass is 28.3. The SMILES string of the molecule is COc1ccc(COC[C@@H]2O[C@H]2[C@@H](O)C#C[Si](C(C)C)(C(C)C)C(C)C)cc1. The molecular weight excluding hydrogens is 368 g/mol. The minimum absolute atomic E-state index is 0.0734. The zero-order valence-electron chi connectivity index (χ0n) is 18.4. The van der Waals surface area contributed by atoms with Crippen LogP contribution in [0.5, 0.6) is 5.75 Å². The van der Waals surface area contributed by atoms with E-state index in [0.717, 1.165) is 11.3 Å². The summed E-state index contributed by atoms with van der Waals surface area (Å²) >= 11 is 0. The van der Waals surface area contributed by atoms with Crippen LogP contribution in [0, 0.1) is 11.5 Å². The Morgan fingerprint density at radius 2 is 1.61 bits per heavy atom.